The molecule has 3 heterocycles. The van der Waals surface area contributed by atoms with Crippen LogP contribution in [0.4, 0.5) is 0 Å². The molecule has 6 nitrogen and oxygen atoms in total. The lowest BCUT2D eigenvalue weighted by Crippen LogP contribution is -1.80. The van der Waals surface area contributed by atoms with Gasteiger partial charge in [0, 0.05) is 17.8 Å². The minimum Gasteiger partial charge on any atom is -0.413 e. The Kier molecular flexibility index (Phi) is 2.97. The minimum atomic E-state index is 0.298. The normalized spacial score (nSPS) is 10.7. The van der Waals surface area contributed by atoms with E-state index in [0.29, 0.717) is 28.9 Å². The number of benzene rings is 1. The molecule has 4 rings (SSSR count). The van der Waals surface area contributed by atoms with E-state index in [0.717, 1.165) is 5.56 Å². The average Bonchev–Trinajstić information content (AvgIpc) is 3.26. The molecule has 0 fully saturated rings. The van der Waals surface area contributed by atoms with Crippen molar-refractivity contribution in [1.29, 1.82) is 0 Å². The molecule has 0 bridgehead atoms. The summed E-state index contributed by atoms with van der Waals surface area (Å²) in [6.45, 7) is 0. The van der Waals surface area contributed by atoms with Crippen LogP contribution in [0, 0.1) is 0 Å². The van der Waals surface area contributed by atoms with Gasteiger partial charge < -0.3 is 8.94 Å². The van der Waals surface area contributed by atoms with Crippen molar-refractivity contribution in [1.82, 2.24) is 20.3 Å². The highest BCUT2D eigenvalue weighted by atomic mass is 16.5. The summed E-state index contributed by atoms with van der Waals surface area (Å²) in [5.74, 6) is 1.29. The maximum Gasteiger partial charge on any atom is 0.270 e. The summed E-state index contributed by atoms with van der Waals surface area (Å²) in [6.07, 6.45) is 1.67. The highest BCUT2D eigenvalue weighted by Gasteiger charge is 2.15. The highest BCUT2D eigenvalue weighted by Crippen LogP contribution is 2.26. The Hall–Kier alpha value is -3.28. The van der Waals surface area contributed by atoms with Crippen molar-refractivity contribution in [2.45, 2.75) is 0 Å². The molecular weight excluding hydrogens is 280 g/mol. The molecule has 0 spiro atoms. The van der Waals surface area contributed by atoms with Crippen LogP contribution in [0.2, 0.25) is 0 Å². The molecule has 6 heteroatoms. The smallest absolute Gasteiger partial charge is 0.270 e. The minimum absolute atomic E-state index is 0.298. The molecule has 0 unspecified atom stereocenters. The van der Waals surface area contributed by atoms with Gasteiger partial charge in [-0.05, 0) is 12.1 Å². The van der Waals surface area contributed by atoms with Crippen molar-refractivity contribution in [2.75, 3.05) is 0 Å². The zero-order chi connectivity index (χ0) is 14.8. The number of aromatic nitrogens is 4. The zero-order valence-corrected chi connectivity index (χ0v) is 11.4. The number of hydrogen-bond donors (Lipinski definition) is 0. The van der Waals surface area contributed by atoms with Gasteiger partial charge in [-0.1, -0.05) is 41.6 Å². The lowest BCUT2D eigenvalue weighted by molar-refractivity contribution is 0.431. The standard InChI is InChI=1S/C16H10N4O2/c1-2-6-11(7-3-1)14-10-13(20-22-14)16-19-18-15(21-16)12-8-4-5-9-17-12/h1-10H. The van der Waals surface area contributed by atoms with E-state index in [1.54, 1.807) is 18.3 Å². The first-order valence-electron chi connectivity index (χ1n) is 6.67. The second-order valence-electron chi connectivity index (χ2n) is 4.57. The van der Waals surface area contributed by atoms with Crippen LogP contribution in [0.3, 0.4) is 0 Å². The third-order valence-corrected chi connectivity index (χ3v) is 3.10. The molecule has 0 atom stereocenters. The SMILES string of the molecule is c1ccc(-c2cc(-c3nnc(-c4ccccn4)o3)no2)cc1. The van der Waals surface area contributed by atoms with Gasteiger partial charge >= 0.3 is 0 Å². The molecule has 0 saturated heterocycles. The molecular formula is C16H10N4O2. The summed E-state index contributed by atoms with van der Waals surface area (Å²) < 4.78 is 10.9. The van der Waals surface area contributed by atoms with Crippen LogP contribution in [-0.4, -0.2) is 20.3 Å². The Labute approximate surface area is 125 Å². The predicted molar refractivity (Wildman–Crippen MR) is 78.5 cm³/mol. The Morgan fingerprint density at radius 3 is 2.32 bits per heavy atom. The van der Waals surface area contributed by atoms with E-state index in [4.69, 9.17) is 8.94 Å². The topological polar surface area (TPSA) is 77.8 Å². The van der Waals surface area contributed by atoms with Crippen LogP contribution in [0.1, 0.15) is 0 Å². The van der Waals surface area contributed by atoms with E-state index in [-0.39, 0.29) is 0 Å². The fourth-order valence-corrected chi connectivity index (χ4v) is 2.03. The summed E-state index contributed by atoms with van der Waals surface area (Å²) >= 11 is 0. The highest BCUT2D eigenvalue weighted by molar-refractivity contribution is 5.62. The molecule has 22 heavy (non-hydrogen) atoms. The number of rotatable bonds is 3. The van der Waals surface area contributed by atoms with Crippen LogP contribution in [0.15, 0.2) is 69.7 Å². The molecule has 0 aliphatic carbocycles. The summed E-state index contributed by atoms with van der Waals surface area (Å²) in [5, 5.41) is 12.0. The molecule has 0 saturated carbocycles. The predicted octanol–water partition coefficient (Wildman–Crippen LogP) is 3.45. The largest absolute Gasteiger partial charge is 0.413 e. The van der Waals surface area contributed by atoms with Crippen LogP contribution >= 0.6 is 0 Å². The maximum absolute atomic E-state index is 5.60. The summed E-state index contributed by atoms with van der Waals surface area (Å²) in [6, 6.07) is 16.9. The molecule has 0 amide bonds. The van der Waals surface area contributed by atoms with Crippen LogP contribution in [-0.2, 0) is 0 Å². The van der Waals surface area contributed by atoms with Gasteiger partial charge in [0.05, 0.1) is 0 Å². The average molecular weight is 290 g/mol. The number of pyridine rings is 1. The van der Waals surface area contributed by atoms with Crippen molar-refractivity contribution >= 4 is 0 Å². The molecule has 106 valence electrons. The quantitative estimate of drug-likeness (QED) is 0.575. The molecule has 0 aliphatic rings. The van der Waals surface area contributed by atoms with Gasteiger partial charge in [-0.15, -0.1) is 10.2 Å². The van der Waals surface area contributed by atoms with Gasteiger partial charge in [0.2, 0.25) is 0 Å². The van der Waals surface area contributed by atoms with Crippen LogP contribution in [0.25, 0.3) is 34.5 Å². The van der Waals surface area contributed by atoms with E-state index in [2.05, 4.69) is 20.3 Å². The Morgan fingerprint density at radius 2 is 1.55 bits per heavy atom. The first kappa shape index (κ1) is 12.5. The fourth-order valence-electron chi connectivity index (χ4n) is 2.03. The molecule has 4 aromatic rings. The van der Waals surface area contributed by atoms with Gasteiger partial charge in [0.1, 0.15) is 5.69 Å². The Bertz CT molecular complexity index is 809. The molecule has 1 aromatic carbocycles. The summed E-state index contributed by atoms with van der Waals surface area (Å²) in [7, 11) is 0. The lowest BCUT2D eigenvalue weighted by atomic mass is 10.2. The number of hydrogen-bond acceptors (Lipinski definition) is 6. The van der Waals surface area contributed by atoms with Crippen molar-refractivity contribution in [2.24, 2.45) is 0 Å². The third-order valence-electron chi connectivity index (χ3n) is 3.10. The Morgan fingerprint density at radius 1 is 0.773 bits per heavy atom. The fraction of sp³-hybridized carbons (Fsp3) is 0. The zero-order valence-electron chi connectivity index (χ0n) is 11.4. The van der Waals surface area contributed by atoms with Gasteiger partial charge in [-0.25, -0.2) is 0 Å². The first-order valence-corrected chi connectivity index (χ1v) is 6.67. The van der Waals surface area contributed by atoms with E-state index in [1.807, 2.05) is 42.5 Å². The van der Waals surface area contributed by atoms with E-state index in [1.165, 1.54) is 0 Å². The van der Waals surface area contributed by atoms with Crippen LogP contribution in [0.5, 0.6) is 0 Å². The van der Waals surface area contributed by atoms with Crippen LogP contribution < -0.4 is 0 Å². The molecule has 3 aromatic heterocycles. The summed E-state index contributed by atoms with van der Waals surface area (Å²) in [4.78, 5) is 4.17. The van der Waals surface area contributed by atoms with Gasteiger partial charge in [0.15, 0.2) is 11.5 Å². The molecule has 0 N–H and O–H groups in total. The first-order chi connectivity index (χ1) is 10.9. The monoisotopic (exact) mass is 290 g/mol. The second-order valence-corrected chi connectivity index (χ2v) is 4.57. The lowest BCUT2D eigenvalue weighted by Gasteiger charge is -1.91. The number of nitrogens with zero attached hydrogens (tertiary/aromatic N) is 4. The van der Waals surface area contributed by atoms with E-state index in [9.17, 15) is 0 Å². The third kappa shape index (κ3) is 2.26. The van der Waals surface area contributed by atoms with Gasteiger partial charge in [0.25, 0.3) is 11.8 Å². The molecule has 0 aliphatic heterocycles. The Balaban J connectivity index is 1.66. The molecule has 0 radical (unpaired) electrons. The van der Waals surface area contributed by atoms with Gasteiger partial charge in [-0.2, -0.15) is 0 Å². The van der Waals surface area contributed by atoms with Crippen molar-refractivity contribution in [3.63, 3.8) is 0 Å². The van der Waals surface area contributed by atoms with E-state index < -0.39 is 0 Å². The van der Waals surface area contributed by atoms with Crippen molar-refractivity contribution in [3.8, 4) is 34.5 Å². The van der Waals surface area contributed by atoms with Crippen molar-refractivity contribution < 1.29 is 8.94 Å². The summed E-state index contributed by atoms with van der Waals surface area (Å²) in [5.41, 5.74) is 2.05. The van der Waals surface area contributed by atoms with Crippen molar-refractivity contribution in [3.05, 3.63) is 60.8 Å². The van der Waals surface area contributed by atoms with Gasteiger partial charge in [-0.3, -0.25) is 4.98 Å². The second kappa shape index (κ2) is 5.25. The van der Waals surface area contributed by atoms with E-state index >= 15 is 0 Å². The maximum atomic E-state index is 5.60.